The lowest BCUT2D eigenvalue weighted by Crippen LogP contribution is -2.35. The van der Waals surface area contributed by atoms with E-state index in [1.165, 1.54) is 71.1 Å². The molecule has 1 saturated carbocycles. The van der Waals surface area contributed by atoms with Crippen molar-refractivity contribution in [2.45, 2.75) is 71.8 Å². The van der Waals surface area contributed by atoms with Gasteiger partial charge in [-0.15, -0.1) is 0 Å². The second-order valence-electron chi connectivity index (χ2n) is 6.05. The molecule has 0 aromatic rings. The van der Waals surface area contributed by atoms with Gasteiger partial charge in [-0.05, 0) is 44.8 Å². The van der Waals surface area contributed by atoms with Crippen LogP contribution in [0.1, 0.15) is 65.7 Å². The maximum Gasteiger partial charge on any atom is 0.00670 e. The predicted molar refractivity (Wildman–Crippen MR) is 81.1 cm³/mol. The summed E-state index contributed by atoms with van der Waals surface area (Å²) in [6, 6.07) is 0.823. The van der Waals surface area contributed by atoms with Crippen LogP contribution >= 0.6 is 0 Å². The zero-order chi connectivity index (χ0) is 13.2. The van der Waals surface area contributed by atoms with Crippen molar-refractivity contribution in [1.29, 1.82) is 0 Å². The van der Waals surface area contributed by atoms with E-state index in [1.807, 2.05) is 0 Å². The molecule has 0 aromatic heterocycles. The van der Waals surface area contributed by atoms with Gasteiger partial charge in [-0.2, -0.15) is 0 Å². The van der Waals surface area contributed by atoms with Crippen LogP contribution in [0.25, 0.3) is 0 Å². The average molecular weight is 254 g/mol. The first-order valence-corrected chi connectivity index (χ1v) is 8.22. The number of nitrogens with one attached hydrogen (secondary N) is 1. The topological polar surface area (TPSA) is 15.3 Å². The fraction of sp³-hybridized carbons (Fsp3) is 1.00. The van der Waals surface area contributed by atoms with Crippen LogP contribution in [-0.4, -0.2) is 37.1 Å². The third-order valence-corrected chi connectivity index (χ3v) is 4.40. The molecule has 1 atom stereocenters. The fourth-order valence-electron chi connectivity index (χ4n) is 2.86. The minimum atomic E-state index is 0.823. The quantitative estimate of drug-likeness (QED) is 0.632. The Morgan fingerprint density at radius 3 is 2.50 bits per heavy atom. The standard InChI is InChI=1S/C16H34N2/c1-4-15(3)14-18(5-2)13-9-12-17-16-10-7-6-8-11-16/h15-17H,4-14H2,1-3H3. The van der Waals surface area contributed by atoms with Crippen molar-refractivity contribution in [1.82, 2.24) is 10.2 Å². The SMILES string of the molecule is CCC(C)CN(CC)CCCNC1CCCCC1. The molecule has 1 aliphatic carbocycles. The van der Waals surface area contributed by atoms with Gasteiger partial charge >= 0.3 is 0 Å². The lowest BCUT2D eigenvalue weighted by molar-refractivity contribution is 0.239. The average Bonchev–Trinajstić information content (AvgIpc) is 2.43. The monoisotopic (exact) mass is 254 g/mol. The van der Waals surface area contributed by atoms with E-state index >= 15 is 0 Å². The summed E-state index contributed by atoms with van der Waals surface area (Å²) in [5.74, 6) is 0.844. The Bertz CT molecular complexity index is 188. The highest BCUT2D eigenvalue weighted by molar-refractivity contribution is 4.72. The molecule has 108 valence electrons. The van der Waals surface area contributed by atoms with Gasteiger partial charge in [-0.25, -0.2) is 0 Å². The lowest BCUT2D eigenvalue weighted by Gasteiger charge is -2.25. The summed E-state index contributed by atoms with van der Waals surface area (Å²) in [5, 5.41) is 3.74. The summed E-state index contributed by atoms with van der Waals surface area (Å²) in [6.07, 6.45) is 9.75. The molecule has 0 heterocycles. The minimum Gasteiger partial charge on any atom is -0.314 e. The molecule has 0 radical (unpaired) electrons. The van der Waals surface area contributed by atoms with Gasteiger partial charge in [0.2, 0.25) is 0 Å². The highest BCUT2D eigenvalue weighted by Gasteiger charge is 2.12. The Kier molecular flexibility index (Phi) is 8.70. The third kappa shape index (κ3) is 6.75. The van der Waals surface area contributed by atoms with Gasteiger partial charge in [0, 0.05) is 12.6 Å². The lowest BCUT2D eigenvalue weighted by atomic mass is 9.95. The van der Waals surface area contributed by atoms with Crippen molar-refractivity contribution in [3.8, 4) is 0 Å². The van der Waals surface area contributed by atoms with E-state index in [9.17, 15) is 0 Å². The van der Waals surface area contributed by atoms with E-state index in [2.05, 4.69) is 31.0 Å². The van der Waals surface area contributed by atoms with Crippen molar-refractivity contribution in [3.05, 3.63) is 0 Å². The van der Waals surface area contributed by atoms with Crippen LogP contribution in [0.15, 0.2) is 0 Å². The Balaban J connectivity index is 2.03. The maximum absolute atomic E-state index is 3.74. The summed E-state index contributed by atoms with van der Waals surface area (Å²) in [5.41, 5.74) is 0. The molecule has 0 aromatic carbocycles. The minimum absolute atomic E-state index is 0.823. The van der Waals surface area contributed by atoms with Crippen molar-refractivity contribution in [2.24, 2.45) is 5.92 Å². The molecule has 1 aliphatic rings. The summed E-state index contributed by atoms with van der Waals surface area (Å²) in [4.78, 5) is 2.61. The highest BCUT2D eigenvalue weighted by Crippen LogP contribution is 2.17. The van der Waals surface area contributed by atoms with Gasteiger partial charge in [-0.3, -0.25) is 0 Å². The summed E-state index contributed by atoms with van der Waals surface area (Å²) < 4.78 is 0. The van der Waals surface area contributed by atoms with Crippen LogP contribution in [0.3, 0.4) is 0 Å². The highest BCUT2D eigenvalue weighted by atomic mass is 15.1. The Morgan fingerprint density at radius 1 is 1.17 bits per heavy atom. The van der Waals surface area contributed by atoms with Crippen LogP contribution in [0, 0.1) is 5.92 Å². The van der Waals surface area contributed by atoms with E-state index in [1.54, 1.807) is 0 Å². The van der Waals surface area contributed by atoms with Crippen molar-refractivity contribution < 1.29 is 0 Å². The summed E-state index contributed by atoms with van der Waals surface area (Å²) in [6.45, 7) is 11.9. The zero-order valence-corrected chi connectivity index (χ0v) is 12.9. The molecule has 1 fully saturated rings. The van der Waals surface area contributed by atoms with Crippen LogP contribution < -0.4 is 5.32 Å². The molecule has 1 rings (SSSR count). The first kappa shape index (κ1) is 16.0. The van der Waals surface area contributed by atoms with E-state index in [4.69, 9.17) is 0 Å². The number of hydrogen-bond acceptors (Lipinski definition) is 2. The Morgan fingerprint density at radius 2 is 1.89 bits per heavy atom. The normalized spacial score (nSPS) is 19.3. The first-order valence-electron chi connectivity index (χ1n) is 8.22. The van der Waals surface area contributed by atoms with Gasteiger partial charge in [0.25, 0.3) is 0 Å². The number of nitrogens with zero attached hydrogens (tertiary/aromatic N) is 1. The molecule has 18 heavy (non-hydrogen) atoms. The third-order valence-electron chi connectivity index (χ3n) is 4.40. The predicted octanol–water partition coefficient (Wildman–Crippen LogP) is 3.67. The van der Waals surface area contributed by atoms with E-state index in [0.29, 0.717) is 0 Å². The first-order chi connectivity index (χ1) is 8.76. The largest absolute Gasteiger partial charge is 0.314 e. The van der Waals surface area contributed by atoms with Gasteiger partial charge in [0.1, 0.15) is 0 Å². The molecule has 1 N–H and O–H groups in total. The van der Waals surface area contributed by atoms with Gasteiger partial charge in [-0.1, -0.05) is 46.5 Å². The van der Waals surface area contributed by atoms with Gasteiger partial charge in [0.05, 0.1) is 0 Å². The van der Waals surface area contributed by atoms with Crippen molar-refractivity contribution >= 4 is 0 Å². The van der Waals surface area contributed by atoms with E-state index in [-0.39, 0.29) is 0 Å². The number of rotatable bonds is 9. The summed E-state index contributed by atoms with van der Waals surface area (Å²) >= 11 is 0. The fourth-order valence-corrected chi connectivity index (χ4v) is 2.86. The Labute approximate surface area is 115 Å². The maximum atomic E-state index is 3.74. The molecule has 0 spiro atoms. The second-order valence-corrected chi connectivity index (χ2v) is 6.05. The molecule has 0 amide bonds. The van der Waals surface area contributed by atoms with Crippen LogP contribution in [-0.2, 0) is 0 Å². The number of hydrogen-bond donors (Lipinski definition) is 1. The van der Waals surface area contributed by atoms with E-state index < -0.39 is 0 Å². The van der Waals surface area contributed by atoms with Crippen LogP contribution in [0.5, 0.6) is 0 Å². The molecule has 1 unspecified atom stereocenters. The molecule has 2 heteroatoms. The molecular weight excluding hydrogens is 220 g/mol. The van der Waals surface area contributed by atoms with Gasteiger partial charge in [0.15, 0.2) is 0 Å². The molecule has 0 aliphatic heterocycles. The van der Waals surface area contributed by atoms with Gasteiger partial charge < -0.3 is 10.2 Å². The van der Waals surface area contributed by atoms with Crippen molar-refractivity contribution in [3.63, 3.8) is 0 Å². The van der Waals surface area contributed by atoms with Crippen molar-refractivity contribution in [2.75, 3.05) is 26.2 Å². The van der Waals surface area contributed by atoms with Crippen LogP contribution in [0.2, 0.25) is 0 Å². The molecule has 0 saturated heterocycles. The zero-order valence-electron chi connectivity index (χ0n) is 12.9. The second kappa shape index (κ2) is 9.80. The van der Waals surface area contributed by atoms with E-state index in [0.717, 1.165) is 12.0 Å². The molecular formula is C16H34N2. The summed E-state index contributed by atoms with van der Waals surface area (Å²) in [7, 11) is 0. The molecule has 2 nitrogen and oxygen atoms in total. The smallest absolute Gasteiger partial charge is 0.00670 e. The van der Waals surface area contributed by atoms with Crippen LogP contribution in [0.4, 0.5) is 0 Å². The Hall–Kier alpha value is -0.0800. The molecule has 0 bridgehead atoms.